The normalized spacial score (nSPS) is 16.0. The number of para-hydroxylation sites is 1. The van der Waals surface area contributed by atoms with Gasteiger partial charge in [0.1, 0.15) is 11.7 Å². The van der Waals surface area contributed by atoms with Crippen LogP contribution >= 0.6 is 0 Å². The zero-order valence-corrected chi connectivity index (χ0v) is 33.7. The van der Waals surface area contributed by atoms with Crippen LogP contribution in [0.25, 0.3) is 11.1 Å². The third-order valence-electron chi connectivity index (χ3n) is 10.4. The second kappa shape index (κ2) is 15.4. The molecule has 0 amide bonds. The van der Waals surface area contributed by atoms with Gasteiger partial charge in [-0.25, -0.2) is 4.98 Å². The fourth-order valence-corrected chi connectivity index (χ4v) is 7.59. The average Bonchev–Trinajstić information content (AvgIpc) is 3.62. The van der Waals surface area contributed by atoms with E-state index in [2.05, 4.69) is 138 Å². The quantitative estimate of drug-likeness (QED) is 0.131. The molecular weight excluding hydrogens is 822 g/mol. The van der Waals surface area contributed by atoms with E-state index in [9.17, 15) is 0 Å². The number of aromatic nitrogens is 1. The summed E-state index contributed by atoms with van der Waals surface area (Å²) in [6.07, 6.45) is 6.52. The van der Waals surface area contributed by atoms with Gasteiger partial charge in [-0.2, -0.15) is 6.07 Å². The van der Waals surface area contributed by atoms with Crippen molar-refractivity contribution in [2.75, 3.05) is 11.5 Å². The molecule has 1 aromatic heterocycles. The molecule has 0 spiro atoms. The SMILES string of the molecule is CCCC(CCC)[C@@H]1COC(c2[c-]c(Oc3[c-]c4c(cc3)C(C)(C)c3ccccc3N4c3cc(C(C)(C)C)ccn3)cc(-c3ccccc3)c2)=N1.[Pt+2]. The maximum Gasteiger partial charge on any atom is 2.00 e. The van der Waals surface area contributed by atoms with E-state index in [-0.39, 0.29) is 37.9 Å². The van der Waals surface area contributed by atoms with Gasteiger partial charge in [0.15, 0.2) is 0 Å². The van der Waals surface area contributed by atoms with E-state index in [0.29, 0.717) is 29.9 Å². The average molecular weight is 871 g/mol. The molecule has 0 saturated heterocycles. The number of pyridine rings is 1. The van der Waals surface area contributed by atoms with Crippen LogP contribution in [0, 0.1) is 18.1 Å². The molecule has 0 aliphatic carbocycles. The van der Waals surface area contributed by atoms with Crippen LogP contribution in [0.1, 0.15) is 96.4 Å². The van der Waals surface area contributed by atoms with Gasteiger partial charge in [-0.1, -0.05) is 139 Å². The maximum absolute atomic E-state index is 6.71. The minimum atomic E-state index is -0.256. The van der Waals surface area contributed by atoms with Crippen molar-refractivity contribution in [1.29, 1.82) is 0 Å². The first kappa shape index (κ1) is 37.5. The van der Waals surface area contributed by atoms with Crippen LogP contribution in [0.5, 0.6) is 11.5 Å². The Bertz CT molecular complexity index is 2040. The van der Waals surface area contributed by atoms with Crippen molar-refractivity contribution in [3.63, 3.8) is 0 Å². The summed E-state index contributed by atoms with van der Waals surface area (Å²) >= 11 is 0. The molecule has 270 valence electrons. The largest absolute Gasteiger partial charge is 2.00 e. The molecule has 0 saturated carbocycles. The zero-order chi connectivity index (χ0) is 35.8. The molecule has 5 nitrogen and oxygen atoms in total. The van der Waals surface area contributed by atoms with Gasteiger partial charge in [0.05, 0.1) is 12.6 Å². The zero-order valence-electron chi connectivity index (χ0n) is 31.4. The predicted molar refractivity (Wildman–Crippen MR) is 209 cm³/mol. The van der Waals surface area contributed by atoms with Crippen molar-refractivity contribution in [2.45, 2.75) is 91.0 Å². The topological polar surface area (TPSA) is 47.0 Å². The van der Waals surface area contributed by atoms with Crippen molar-refractivity contribution in [2.24, 2.45) is 10.9 Å². The third kappa shape index (κ3) is 7.48. The Labute approximate surface area is 324 Å². The molecule has 2 aliphatic heterocycles. The fraction of sp³-hybridized carbons (Fsp3) is 0.348. The Morgan fingerprint density at radius 1 is 0.846 bits per heavy atom. The summed E-state index contributed by atoms with van der Waals surface area (Å²) < 4.78 is 13.0. The number of benzene rings is 4. The molecule has 0 radical (unpaired) electrons. The summed E-state index contributed by atoms with van der Waals surface area (Å²) in [5.41, 5.74) is 8.28. The molecule has 6 heteroatoms. The molecule has 0 fully saturated rings. The van der Waals surface area contributed by atoms with Crippen molar-refractivity contribution >= 4 is 23.1 Å². The van der Waals surface area contributed by atoms with Gasteiger partial charge in [-0.05, 0) is 64.5 Å². The molecule has 1 atom stereocenters. The molecule has 7 rings (SSSR count). The fourth-order valence-electron chi connectivity index (χ4n) is 7.59. The van der Waals surface area contributed by atoms with Gasteiger partial charge < -0.3 is 14.4 Å². The summed E-state index contributed by atoms with van der Waals surface area (Å²) in [6.45, 7) is 16.4. The van der Waals surface area contributed by atoms with E-state index in [0.717, 1.165) is 65.1 Å². The minimum Gasteiger partial charge on any atom is -0.518 e. The van der Waals surface area contributed by atoms with Gasteiger partial charge in [0.2, 0.25) is 0 Å². The number of aliphatic imine (C=N–C) groups is 1. The van der Waals surface area contributed by atoms with Crippen LogP contribution in [0.4, 0.5) is 17.2 Å². The van der Waals surface area contributed by atoms with Gasteiger partial charge in [0.25, 0.3) is 0 Å². The predicted octanol–water partition coefficient (Wildman–Crippen LogP) is 11.9. The summed E-state index contributed by atoms with van der Waals surface area (Å²) in [5.74, 6) is 3.21. The molecule has 0 N–H and O–H groups in total. The van der Waals surface area contributed by atoms with E-state index in [1.54, 1.807) is 0 Å². The van der Waals surface area contributed by atoms with Crippen molar-refractivity contribution in [3.8, 4) is 22.6 Å². The maximum atomic E-state index is 6.71. The molecule has 3 heterocycles. The second-order valence-electron chi connectivity index (χ2n) is 15.5. The van der Waals surface area contributed by atoms with Gasteiger partial charge >= 0.3 is 21.1 Å². The van der Waals surface area contributed by atoms with Crippen molar-refractivity contribution < 1.29 is 30.5 Å². The monoisotopic (exact) mass is 870 g/mol. The van der Waals surface area contributed by atoms with Gasteiger partial charge in [0, 0.05) is 23.4 Å². The first-order chi connectivity index (χ1) is 24.6. The number of ether oxygens (including phenoxy) is 2. The molecule has 0 bridgehead atoms. The molecule has 2 aliphatic rings. The van der Waals surface area contributed by atoms with E-state index < -0.39 is 0 Å². The van der Waals surface area contributed by atoms with E-state index in [1.165, 1.54) is 11.1 Å². The van der Waals surface area contributed by atoms with E-state index in [1.807, 2.05) is 24.4 Å². The number of rotatable bonds is 10. The molecule has 4 aromatic carbocycles. The standard InChI is InChI=1S/C46H49N3O2.Pt/c1-8-15-32(16-9-2)40-30-50-44(48-40)34-25-33(31-17-11-10-12-18-31)26-37(27-34)51-36-21-22-39-42(29-36)49(41-20-14-13-19-38(41)46(39,6)7)43-28-35(23-24-47-43)45(3,4)5;/h10-14,17-26,28,32,40H,8-9,15-16,30H2,1-7H3;/q-2;+2/t40-;/m0./s1. The number of hydrogen-bond donors (Lipinski definition) is 0. The van der Waals surface area contributed by atoms with Crippen molar-refractivity contribution in [1.82, 2.24) is 4.98 Å². The smallest absolute Gasteiger partial charge is 0.518 e. The summed E-state index contributed by atoms with van der Waals surface area (Å²) in [7, 11) is 0. The first-order valence-corrected chi connectivity index (χ1v) is 18.5. The third-order valence-corrected chi connectivity index (χ3v) is 10.4. The number of fused-ring (bicyclic) bond motifs is 2. The van der Waals surface area contributed by atoms with Crippen LogP contribution in [0.2, 0.25) is 0 Å². The number of hydrogen-bond acceptors (Lipinski definition) is 5. The molecule has 52 heavy (non-hydrogen) atoms. The number of anilines is 3. The minimum absolute atomic E-state index is 0. The van der Waals surface area contributed by atoms with Crippen LogP contribution < -0.4 is 9.64 Å². The summed E-state index contributed by atoms with van der Waals surface area (Å²) in [5, 5.41) is 0. The molecular formula is C46H49N3O2Pt. The second-order valence-corrected chi connectivity index (χ2v) is 15.5. The Balaban J connectivity index is 0.00000464. The summed E-state index contributed by atoms with van der Waals surface area (Å²) in [6, 6.07) is 39.0. The van der Waals surface area contributed by atoms with Gasteiger partial charge in [-0.15, -0.1) is 23.8 Å². The van der Waals surface area contributed by atoms with Crippen LogP contribution in [-0.4, -0.2) is 23.5 Å². The molecule has 5 aromatic rings. The first-order valence-electron chi connectivity index (χ1n) is 18.5. The Kier molecular flexibility index (Phi) is 11.1. The van der Waals surface area contributed by atoms with Crippen LogP contribution in [-0.2, 0) is 36.6 Å². The van der Waals surface area contributed by atoms with E-state index in [4.69, 9.17) is 19.5 Å². The number of nitrogens with zero attached hydrogens (tertiary/aromatic N) is 3. The van der Waals surface area contributed by atoms with Crippen LogP contribution in [0.3, 0.4) is 0 Å². The van der Waals surface area contributed by atoms with E-state index >= 15 is 0 Å². The van der Waals surface area contributed by atoms with Crippen molar-refractivity contribution in [3.05, 3.63) is 132 Å². The Hall–Kier alpha value is -4.21. The Morgan fingerprint density at radius 2 is 1.58 bits per heavy atom. The van der Waals surface area contributed by atoms with Gasteiger partial charge in [-0.3, -0.25) is 4.99 Å². The Morgan fingerprint density at radius 3 is 2.31 bits per heavy atom. The summed E-state index contributed by atoms with van der Waals surface area (Å²) in [4.78, 5) is 12.3. The molecule has 0 unspecified atom stereocenters. The van der Waals surface area contributed by atoms with Crippen LogP contribution in [0.15, 0.2) is 102 Å².